The van der Waals surface area contributed by atoms with Crippen LogP contribution in [-0.4, -0.2) is 30.1 Å². The van der Waals surface area contributed by atoms with Crippen LogP contribution in [0.5, 0.6) is 0 Å². The van der Waals surface area contributed by atoms with Crippen molar-refractivity contribution >= 4 is 0 Å². The van der Waals surface area contributed by atoms with Crippen molar-refractivity contribution in [1.82, 2.24) is 10.2 Å². The topological polar surface area (TPSA) is 39.1 Å². The monoisotopic (exact) mass is 283 g/mol. The zero-order valence-corrected chi connectivity index (χ0v) is 12.9. The van der Waals surface area contributed by atoms with Gasteiger partial charge in [0, 0.05) is 25.2 Å². The van der Waals surface area contributed by atoms with Gasteiger partial charge >= 0.3 is 0 Å². The van der Waals surface area contributed by atoms with Gasteiger partial charge in [-0.25, -0.2) is 0 Å². The van der Waals surface area contributed by atoms with Crippen LogP contribution in [0.25, 0.3) is 0 Å². The predicted octanol–water partition coefficient (Wildman–Crippen LogP) is 2.97. The Bertz CT molecular complexity index is 522. The standard InChI is InChI=1S/C18H25N3/c1-14-10-15(11-19)5-6-16(14)12-21(18-7-8-18)13-17-4-2-3-9-20-17/h5-6,10,17-18,20H,2-4,7-9,12-13H2,1H3. The summed E-state index contributed by atoms with van der Waals surface area (Å²) in [5.41, 5.74) is 3.39. The van der Waals surface area contributed by atoms with E-state index in [4.69, 9.17) is 5.26 Å². The summed E-state index contributed by atoms with van der Waals surface area (Å²) in [7, 11) is 0. The molecule has 3 rings (SSSR count). The molecule has 0 bridgehead atoms. The zero-order valence-electron chi connectivity index (χ0n) is 12.9. The molecule has 21 heavy (non-hydrogen) atoms. The highest BCUT2D eigenvalue weighted by molar-refractivity contribution is 5.37. The second-order valence-corrected chi connectivity index (χ2v) is 6.56. The fourth-order valence-electron chi connectivity index (χ4n) is 3.31. The summed E-state index contributed by atoms with van der Waals surface area (Å²) in [6.07, 6.45) is 6.71. The first kappa shape index (κ1) is 14.6. The van der Waals surface area contributed by atoms with Gasteiger partial charge in [-0.05, 0) is 62.4 Å². The molecule has 1 aromatic carbocycles. The van der Waals surface area contributed by atoms with Gasteiger partial charge in [0.2, 0.25) is 0 Å². The molecule has 3 heteroatoms. The number of nitriles is 1. The Labute approximate surface area is 128 Å². The fraction of sp³-hybridized carbons (Fsp3) is 0.611. The number of rotatable bonds is 5. The van der Waals surface area contributed by atoms with E-state index in [0.717, 1.165) is 18.2 Å². The summed E-state index contributed by atoms with van der Waals surface area (Å²) >= 11 is 0. The first-order valence-electron chi connectivity index (χ1n) is 8.23. The lowest BCUT2D eigenvalue weighted by molar-refractivity contribution is 0.208. The Morgan fingerprint density at radius 1 is 1.29 bits per heavy atom. The third-order valence-corrected chi connectivity index (χ3v) is 4.78. The van der Waals surface area contributed by atoms with Gasteiger partial charge in [-0.2, -0.15) is 5.26 Å². The normalized spacial score (nSPS) is 22.2. The van der Waals surface area contributed by atoms with Gasteiger partial charge in [0.25, 0.3) is 0 Å². The first-order valence-corrected chi connectivity index (χ1v) is 8.23. The molecular formula is C18H25N3. The van der Waals surface area contributed by atoms with E-state index in [2.05, 4.69) is 29.3 Å². The SMILES string of the molecule is Cc1cc(C#N)ccc1CN(CC1CCCCN1)C1CC1. The second-order valence-electron chi connectivity index (χ2n) is 6.56. The van der Waals surface area contributed by atoms with Crippen molar-refractivity contribution in [3.8, 4) is 6.07 Å². The molecule has 0 spiro atoms. The highest BCUT2D eigenvalue weighted by Crippen LogP contribution is 2.29. The van der Waals surface area contributed by atoms with Crippen LogP contribution in [0.3, 0.4) is 0 Å². The third kappa shape index (κ3) is 3.84. The van der Waals surface area contributed by atoms with Crippen molar-refractivity contribution in [2.45, 2.75) is 57.7 Å². The predicted molar refractivity (Wildman–Crippen MR) is 85.0 cm³/mol. The van der Waals surface area contributed by atoms with Crippen LogP contribution in [-0.2, 0) is 6.54 Å². The van der Waals surface area contributed by atoms with Crippen LogP contribution >= 0.6 is 0 Å². The highest BCUT2D eigenvalue weighted by Gasteiger charge is 2.31. The quantitative estimate of drug-likeness (QED) is 0.903. The van der Waals surface area contributed by atoms with Crippen molar-refractivity contribution in [1.29, 1.82) is 5.26 Å². The number of hydrogen-bond donors (Lipinski definition) is 1. The van der Waals surface area contributed by atoms with E-state index in [-0.39, 0.29) is 0 Å². The van der Waals surface area contributed by atoms with Crippen LogP contribution in [0.2, 0.25) is 0 Å². The lowest BCUT2D eigenvalue weighted by Crippen LogP contribution is -2.44. The molecule has 1 heterocycles. The summed E-state index contributed by atoms with van der Waals surface area (Å²) < 4.78 is 0. The minimum Gasteiger partial charge on any atom is -0.313 e. The molecule has 1 unspecified atom stereocenters. The number of benzene rings is 1. The summed E-state index contributed by atoms with van der Waals surface area (Å²) in [5, 5.41) is 12.6. The van der Waals surface area contributed by atoms with E-state index in [1.165, 1.54) is 56.3 Å². The van der Waals surface area contributed by atoms with Gasteiger partial charge in [0.1, 0.15) is 0 Å². The van der Waals surface area contributed by atoms with Gasteiger partial charge in [-0.15, -0.1) is 0 Å². The molecule has 3 nitrogen and oxygen atoms in total. The average molecular weight is 283 g/mol. The molecular weight excluding hydrogens is 258 g/mol. The first-order chi connectivity index (χ1) is 10.3. The lowest BCUT2D eigenvalue weighted by atomic mass is 10.0. The number of nitrogens with zero attached hydrogens (tertiary/aromatic N) is 2. The van der Waals surface area contributed by atoms with Crippen LogP contribution in [0.1, 0.15) is 48.8 Å². The maximum atomic E-state index is 8.98. The molecule has 1 aromatic rings. The minimum absolute atomic E-state index is 0.665. The van der Waals surface area contributed by atoms with E-state index in [0.29, 0.717) is 6.04 Å². The summed E-state index contributed by atoms with van der Waals surface area (Å²) in [4.78, 5) is 2.65. The van der Waals surface area contributed by atoms with E-state index in [1.54, 1.807) is 0 Å². The van der Waals surface area contributed by atoms with Crippen LogP contribution in [0.15, 0.2) is 18.2 Å². The summed E-state index contributed by atoms with van der Waals surface area (Å²) in [6, 6.07) is 9.77. The Hall–Kier alpha value is -1.37. The molecule has 2 aliphatic rings. The number of piperidine rings is 1. The van der Waals surface area contributed by atoms with E-state index in [1.807, 2.05) is 12.1 Å². The van der Waals surface area contributed by atoms with E-state index < -0.39 is 0 Å². The lowest BCUT2D eigenvalue weighted by Gasteiger charge is -2.31. The van der Waals surface area contributed by atoms with Gasteiger partial charge in [-0.3, -0.25) is 4.90 Å². The molecule has 1 atom stereocenters. The number of nitrogens with one attached hydrogen (secondary N) is 1. The van der Waals surface area contributed by atoms with E-state index >= 15 is 0 Å². The highest BCUT2D eigenvalue weighted by atomic mass is 15.2. The molecule has 2 fully saturated rings. The Kier molecular flexibility index (Phi) is 4.57. The molecule has 112 valence electrons. The maximum Gasteiger partial charge on any atom is 0.0991 e. The fourth-order valence-corrected chi connectivity index (χ4v) is 3.31. The number of hydrogen-bond acceptors (Lipinski definition) is 3. The molecule has 0 amide bonds. The summed E-state index contributed by atoms with van der Waals surface area (Å²) in [6.45, 7) is 5.50. The maximum absolute atomic E-state index is 8.98. The average Bonchev–Trinajstić information content (AvgIpc) is 3.34. The number of aryl methyl sites for hydroxylation is 1. The van der Waals surface area contributed by atoms with Gasteiger partial charge in [0.05, 0.1) is 11.6 Å². The molecule has 1 aliphatic carbocycles. The molecule has 1 N–H and O–H groups in total. The molecule has 0 aromatic heterocycles. The van der Waals surface area contributed by atoms with Crippen molar-refractivity contribution in [3.05, 3.63) is 34.9 Å². The van der Waals surface area contributed by atoms with Gasteiger partial charge < -0.3 is 5.32 Å². The van der Waals surface area contributed by atoms with Gasteiger partial charge in [-0.1, -0.05) is 12.5 Å². The van der Waals surface area contributed by atoms with Crippen molar-refractivity contribution in [2.75, 3.05) is 13.1 Å². The largest absolute Gasteiger partial charge is 0.313 e. The third-order valence-electron chi connectivity index (χ3n) is 4.78. The Morgan fingerprint density at radius 2 is 2.14 bits per heavy atom. The Morgan fingerprint density at radius 3 is 2.76 bits per heavy atom. The van der Waals surface area contributed by atoms with Crippen molar-refractivity contribution in [2.24, 2.45) is 0 Å². The van der Waals surface area contributed by atoms with Gasteiger partial charge in [0.15, 0.2) is 0 Å². The molecule has 1 aliphatic heterocycles. The van der Waals surface area contributed by atoms with Crippen LogP contribution in [0, 0.1) is 18.3 Å². The molecule has 1 saturated carbocycles. The van der Waals surface area contributed by atoms with Crippen LogP contribution in [0.4, 0.5) is 0 Å². The zero-order chi connectivity index (χ0) is 14.7. The Balaban J connectivity index is 1.66. The van der Waals surface area contributed by atoms with E-state index in [9.17, 15) is 0 Å². The molecule has 1 saturated heterocycles. The second kappa shape index (κ2) is 6.60. The minimum atomic E-state index is 0.665. The summed E-state index contributed by atoms with van der Waals surface area (Å²) in [5.74, 6) is 0. The van der Waals surface area contributed by atoms with Crippen molar-refractivity contribution < 1.29 is 0 Å². The van der Waals surface area contributed by atoms with Crippen LogP contribution < -0.4 is 5.32 Å². The smallest absolute Gasteiger partial charge is 0.0991 e. The van der Waals surface area contributed by atoms with Crippen molar-refractivity contribution in [3.63, 3.8) is 0 Å². The molecule has 0 radical (unpaired) electrons.